The highest BCUT2D eigenvalue weighted by Gasteiger charge is 2.28. The minimum atomic E-state index is 0.342. The van der Waals surface area contributed by atoms with E-state index >= 15 is 0 Å². The molecule has 0 N–H and O–H groups in total. The van der Waals surface area contributed by atoms with Gasteiger partial charge in [-0.3, -0.25) is 4.98 Å². The third-order valence-electron chi connectivity index (χ3n) is 4.75. The van der Waals surface area contributed by atoms with Crippen LogP contribution in [-0.4, -0.2) is 39.7 Å². The molecule has 1 aromatic carbocycles. The highest BCUT2D eigenvalue weighted by atomic mass is 16.4. The number of likely N-dealkylation sites (tertiary alicyclic amines) is 1. The van der Waals surface area contributed by atoms with Crippen LogP contribution in [0.25, 0.3) is 11.5 Å². The van der Waals surface area contributed by atoms with Gasteiger partial charge in [-0.2, -0.15) is 0 Å². The zero-order chi connectivity index (χ0) is 16.9. The van der Waals surface area contributed by atoms with Gasteiger partial charge in [0, 0.05) is 18.9 Å². The lowest BCUT2D eigenvalue weighted by Crippen LogP contribution is -2.22. The first-order valence-corrected chi connectivity index (χ1v) is 8.88. The van der Waals surface area contributed by atoms with E-state index < -0.39 is 0 Å². The molecule has 5 nitrogen and oxygen atoms in total. The van der Waals surface area contributed by atoms with Crippen LogP contribution in [0.4, 0.5) is 0 Å². The molecule has 4 rings (SSSR count). The summed E-state index contributed by atoms with van der Waals surface area (Å²) in [7, 11) is 0. The van der Waals surface area contributed by atoms with Gasteiger partial charge < -0.3 is 9.32 Å². The third kappa shape index (κ3) is 3.94. The van der Waals surface area contributed by atoms with Crippen molar-refractivity contribution in [2.45, 2.75) is 25.2 Å². The molecule has 3 aromatic rings. The Labute approximate surface area is 147 Å². The number of aryl methyl sites for hydroxylation is 1. The SMILES string of the molecule is c1ccc(CCCN2CCC(c3nnc(-c4cccnc4)o3)C2)cc1. The number of aromatic nitrogens is 3. The Kier molecular flexibility index (Phi) is 4.84. The maximum Gasteiger partial charge on any atom is 0.249 e. The predicted octanol–water partition coefficient (Wildman–Crippen LogP) is 3.55. The Morgan fingerprint density at radius 2 is 2.00 bits per heavy atom. The van der Waals surface area contributed by atoms with Crippen molar-refractivity contribution in [2.24, 2.45) is 0 Å². The summed E-state index contributed by atoms with van der Waals surface area (Å²) in [6.07, 6.45) is 6.89. The summed E-state index contributed by atoms with van der Waals surface area (Å²) in [4.78, 5) is 6.60. The molecule has 2 aromatic heterocycles. The normalized spacial score (nSPS) is 17.8. The number of pyridine rings is 1. The van der Waals surface area contributed by atoms with Crippen molar-refractivity contribution in [3.05, 3.63) is 66.3 Å². The van der Waals surface area contributed by atoms with Crippen LogP contribution in [0, 0.1) is 0 Å². The lowest BCUT2D eigenvalue weighted by atomic mass is 10.1. The highest BCUT2D eigenvalue weighted by Crippen LogP contribution is 2.28. The van der Waals surface area contributed by atoms with E-state index in [1.807, 2.05) is 12.1 Å². The summed E-state index contributed by atoms with van der Waals surface area (Å²) < 4.78 is 5.89. The summed E-state index contributed by atoms with van der Waals surface area (Å²) in [5, 5.41) is 8.45. The third-order valence-corrected chi connectivity index (χ3v) is 4.75. The summed E-state index contributed by atoms with van der Waals surface area (Å²) in [6.45, 7) is 3.22. The molecular weight excluding hydrogens is 312 g/mol. The number of hydrogen-bond donors (Lipinski definition) is 0. The fourth-order valence-electron chi connectivity index (χ4n) is 3.39. The topological polar surface area (TPSA) is 55.1 Å². The van der Waals surface area contributed by atoms with Gasteiger partial charge in [0.25, 0.3) is 0 Å². The van der Waals surface area contributed by atoms with E-state index in [-0.39, 0.29) is 0 Å². The Morgan fingerprint density at radius 1 is 1.08 bits per heavy atom. The molecule has 1 aliphatic rings. The minimum Gasteiger partial charge on any atom is -0.420 e. The fourth-order valence-corrected chi connectivity index (χ4v) is 3.39. The molecule has 128 valence electrons. The van der Waals surface area contributed by atoms with Crippen LogP contribution in [0.15, 0.2) is 59.3 Å². The highest BCUT2D eigenvalue weighted by molar-refractivity contribution is 5.50. The lowest BCUT2D eigenvalue weighted by molar-refractivity contribution is 0.323. The molecule has 1 saturated heterocycles. The Balaban J connectivity index is 1.30. The van der Waals surface area contributed by atoms with Gasteiger partial charge in [0.15, 0.2) is 0 Å². The second-order valence-electron chi connectivity index (χ2n) is 6.56. The van der Waals surface area contributed by atoms with E-state index in [4.69, 9.17) is 4.42 Å². The molecule has 25 heavy (non-hydrogen) atoms. The summed E-state index contributed by atoms with van der Waals surface area (Å²) >= 11 is 0. The molecule has 0 bridgehead atoms. The molecule has 0 saturated carbocycles. The first-order valence-electron chi connectivity index (χ1n) is 8.88. The zero-order valence-electron chi connectivity index (χ0n) is 14.2. The van der Waals surface area contributed by atoms with E-state index in [2.05, 4.69) is 50.4 Å². The van der Waals surface area contributed by atoms with Crippen LogP contribution in [0.1, 0.15) is 30.2 Å². The van der Waals surface area contributed by atoms with Crippen LogP contribution in [-0.2, 0) is 6.42 Å². The minimum absolute atomic E-state index is 0.342. The average molecular weight is 334 g/mol. The van der Waals surface area contributed by atoms with Gasteiger partial charge in [0.2, 0.25) is 11.8 Å². The molecular formula is C20H22N4O. The Morgan fingerprint density at radius 3 is 2.84 bits per heavy atom. The quantitative estimate of drug-likeness (QED) is 0.690. The van der Waals surface area contributed by atoms with Gasteiger partial charge in [-0.25, -0.2) is 0 Å². The fraction of sp³-hybridized carbons (Fsp3) is 0.350. The molecule has 0 spiro atoms. The van der Waals surface area contributed by atoms with Gasteiger partial charge in [-0.1, -0.05) is 30.3 Å². The van der Waals surface area contributed by atoms with Crippen LogP contribution in [0.3, 0.4) is 0 Å². The molecule has 3 heterocycles. The van der Waals surface area contributed by atoms with Crippen molar-refractivity contribution in [1.82, 2.24) is 20.1 Å². The van der Waals surface area contributed by atoms with Crippen molar-refractivity contribution in [3.8, 4) is 11.5 Å². The van der Waals surface area contributed by atoms with Crippen molar-refractivity contribution in [2.75, 3.05) is 19.6 Å². The van der Waals surface area contributed by atoms with Gasteiger partial charge in [-0.05, 0) is 50.0 Å². The van der Waals surface area contributed by atoms with Crippen molar-refractivity contribution in [1.29, 1.82) is 0 Å². The first kappa shape index (κ1) is 16.0. The number of hydrogen-bond acceptors (Lipinski definition) is 5. The largest absolute Gasteiger partial charge is 0.420 e. The summed E-state index contributed by atoms with van der Waals surface area (Å²) in [5.41, 5.74) is 2.29. The Hall–Kier alpha value is -2.53. The summed E-state index contributed by atoms with van der Waals surface area (Å²) in [6, 6.07) is 14.5. The number of nitrogens with zero attached hydrogens (tertiary/aromatic N) is 4. The zero-order valence-corrected chi connectivity index (χ0v) is 14.2. The van der Waals surface area contributed by atoms with E-state index in [1.54, 1.807) is 12.4 Å². The second kappa shape index (κ2) is 7.57. The first-order chi connectivity index (χ1) is 12.4. The molecule has 1 fully saturated rings. The van der Waals surface area contributed by atoms with Gasteiger partial charge in [-0.15, -0.1) is 10.2 Å². The maximum atomic E-state index is 5.89. The number of benzene rings is 1. The predicted molar refractivity (Wildman–Crippen MR) is 96.1 cm³/mol. The second-order valence-corrected chi connectivity index (χ2v) is 6.56. The summed E-state index contributed by atoms with van der Waals surface area (Å²) in [5.74, 6) is 1.66. The number of rotatable bonds is 6. The molecule has 1 aliphatic heterocycles. The van der Waals surface area contributed by atoms with Gasteiger partial charge in [0.1, 0.15) is 0 Å². The smallest absolute Gasteiger partial charge is 0.249 e. The molecule has 0 amide bonds. The van der Waals surface area contributed by atoms with Gasteiger partial charge in [0.05, 0.1) is 11.5 Å². The lowest BCUT2D eigenvalue weighted by Gasteiger charge is -2.14. The molecule has 0 aliphatic carbocycles. The Bertz CT molecular complexity index is 788. The van der Waals surface area contributed by atoms with Crippen molar-refractivity contribution in [3.63, 3.8) is 0 Å². The van der Waals surface area contributed by atoms with E-state index in [1.165, 1.54) is 12.0 Å². The van der Waals surface area contributed by atoms with Crippen LogP contribution in [0.2, 0.25) is 0 Å². The van der Waals surface area contributed by atoms with E-state index in [9.17, 15) is 0 Å². The van der Waals surface area contributed by atoms with Crippen LogP contribution in [0.5, 0.6) is 0 Å². The van der Waals surface area contributed by atoms with Gasteiger partial charge >= 0.3 is 0 Å². The molecule has 5 heteroatoms. The molecule has 0 radical (unpaired) electrons. The molecule has 1 unspecified atom stereocenters. The monoisotopic (exact) mass is 334 g/mol. The van der Waals surface area contributed by atoms with Crippen molar-refractivity contribution >= 4 is 0 Å². The van der Waals surface area contributed by atoms with Crippen LogP contribution >= 0.6 is 0 Å². The molecule has 1 atom stereocenters. The standard InChI is InChI=1S/C20H22N4O/c1-2-6-16(7-3-1)8-5-12-24-13-10-18(15-24)20-23-22-19(25-20)17-9-4-11-21-14-17/h1-4,6-7,9,11,14,18H,5,8,10,12-13,15H2. The maximum absolute atomic E-state index is 5.89. The van der Waals surface area contributed by atoms with E-state index in [0.29, 0.717) is 11.8 Å². The van der Waals surface area contributed by atoms with E-state index in [0.717, 1.165) is 43.9 Å². The van der Waals surface area contributed by atoms with Crippen LogP contribution < -0.4 is 0 Å². The average Bonchev–Trinajstić information content (AvgIpc) is 3.33. The van der Waals surface area contributed by atoms with Crippen molar-refractivity contribution < 1.29 is 4.42 Å².